The molecular formula is C12H17BrFN3O4. The standard InChI is InChI=1S/C12H17BrFN3O4/c1-20-12(21-2,10(16-18)11(15)17-19)6-7-3-4-9(14)8(13)5-7/h3-5,10,16,18-19H,6H2,1-2H3,(H2,15,17). The Hall–Kier alpha value is -1.26. The Morgan fingerprint density at radius 2 is 2.14 bits per heavy atom. The van der Waals surface area contributed by atoms with Gasteiger partial charge in [-0.15, -0.1) is 0 Å². The molecule has 1 aromatic rings. The molecule has 7 nitrogen and oxygen atoms in total. The van der Waals surface area contributed by atoms with Crippen molar-refractivity contribution in [2.24, 2.45) is 10.9 Å². The second-order valence-corrected chi connectivity index (χ2v) is 5.09. The molecule has 118 valence electrons. The van der Waals surface area contributed by atoms with Crippen molar-refractivity contribution in [1.29, 1.82) is 0 Å². The number of hydroxylamine groups is 1. The van der Waals surface area contributed by atoms with E-state index in [1.54, 1.807) is 6.07 Å². The number of nitrogens with zero attached hydrogens (tertiary/aromatic N) is 1. The maximum Gasteiger partial charge on any atom is 0.196 e. The summed E-state index contributed by atoms with van der Waals surface area (Å²) in [4.78, 5) is 0. The van der Waals surface area contributed by atoms with Gasteiger partial charge in [-0.05, 0) is 33.6 Å². The quantitative estimate of drug-likeness (QED) is 0.190. The second kappa shape index (κ2) is 7.66. The molecule has 5 N–H and O–H groups in total. The lowest BCUT2D eigenvalue weighted by Gasteiger charge is -2.36. The number of benzene rings is 1. The molecule has 0 aliphatic carbocycles. The Balaban J connectivity index is 3.17. The van der Waals surface area contributed by atoms with Crippen molar-refractivity contribution in [2.45, 2.75) is 18.2 Å². The molecule has 0 fully saturated rings. The van der Waals surface area contributed by atoms with E-state index in [-0.39, 0.29) is 16.7 Å². The highest BCUT2D eigenvalue weighted by molar-refractivity contribution is 9.10. The van der Waals surface area contributed by atoms with Gasteiger partial charge in [-0.1, -0.05) is 11.2 Å². The molecule has 21 heavy (non-hydrogen) atoms. The fourth-order valence-electron chi connectivity index (χ4n) is 1.95. The van der Waals surface area contributed by atoms with Crippen LogP contribution < -0.4 is 11.2 Å². The highest BCUT2D eigenvalue weighted by atomic mass is 79.9. The molecule has 0 saturated carbocycles. The van der Waals surface area contributed by atoms with Crippen molar-refractivity contribution in [3.8, 4) is 0 Å². The predicted molar refractivity (Wildman–Crippen MR) is 76.7 cm³/mol. The smallest absolute Gasteiger partial charge is 0.196 e. The number of hydrogen-bond donors (Lipinski definition) is 4. The van der Waals surface area contributed by atoms with Crippen LogP contribution in [0.3, 0.4) is 0 Å². The third-order valence-corrected chi connectivity index (χ3v) is 3.71. The van der Waals surface area contributed by atoms with Crippen molar-refractivity contribution in [3.05, 3.63) is 34.1 Å². The van der Waals surface area contributed by atoms with E-state index >= 15 is 0 Å². The molecule has 0 radical (unpaired) electrons. The van der Waals surface area contributed by atoms with E-state index in [4.69, 9.17) is 20.4 Å². The Kier molecular flexibility index (Phi) is 6.49. The number of nitrogens with two attached hydrogens (primary N) is 1. The lowest BCUT2D eigenvalue weighted by atomic mass is 9.97. The van der Waals surface area contributed by atoms with E-state index in [0.717, 1.165) is 0 Å². The summed E-state index contributed by atoms with van der Waals surface area (Å²) >= 11 is 3.08. The largest absolute Gasteiger partial charge is 0.409 e. The molecular weight excluding hydrogens is 349 g/mol. The molecule has 1 atom stereocenters. The molecule has 0 aromatic heterocycles. The Morgan fingerprint density at radius 1 is 1.52 bits per heavy atom. The van der Waals surface area contributed by atoms with Gasteiger partial charge in [0.25, 0.3) is 0 Å². The van der Waals surface area contributed by atoms with Crippen LogP contribution in [-0.4, -0.2) is 42.3 Å². The first-order valence-corrected chi connectivity index (χ1v) is 6.64. The zero-order valence-electron chi connectivity index (χ0n) is 11.5. The minimum atomic E-state index is -1.46. The number of hydrogen-bond acceptors (Lipinski definition) is 6. The van der Waals surface area contributed by atoms with E-state index in [1.165, 1.54) is 26.4 Å². The molecule has 0 bridgehead atoms. The summed E-state index contributed by atoms with van der Waals surface area (Å²) in [5, 5.41) is 20.9. The molecule has 0 heterocycles. The first kappa shape index (κ1) is 17.8. The van der Waals surface area contributed by atoms with Crippen LogP contribution in [0.4, 0.5) is 4.39 Å². The van der Waals surface area contributed by atoms with Gasteiger partial charge in [-0.3, -0.25) is 0 Å². The number of ether oxygens (including phenoxy) is 2. The van der Waals surface area contributed by atoms with Crippen LogP contribution in [0, 0.1) is 5.82 Å². The van der Waals surface area contributed by atoms with Crippen LogP contribution in [0.2, 0.25) is 0 Å². The number of oxime groups is 1. The summed E-state index contributed by atoms with van der Waals surface area (Å²) in [6.45, 7) is 0. The summed E-state index contributed by atoms with van der Waals surface area (Å²) in [7, 11) is 2.69. The number of rotatable bonds is 7. The average molecular weight is 366 g/mol. The molecule has 0 aliphatic heterocycles. The minimum Gasteiger partial charge on any atom is -0.409 e. The molecule has 0 amide bonds. The predicted octanol–water partition coefficient (Wildman–Crippen LogP) is 1.21. The van der Waals surface area contributed by atoms with Crippen molar-refractivity contribution >= 4 is 21.8 Å². The van der Waals surface area contributed by atoms with Gasteiger partial charge in [-0.2, -0.15) is 5.48 Å². The Bertz CT molecular complexity index is 511. The van der Waals surface area contributed by atoms with Gasteiger partial charge in [0.05, 0.1) is 4.47 Å². The lowest BCUT2D eigenvalue weighted by Crippen LogP contribution is -2.60. The maximum atomic E-state index is 13.3. The van der Waals surface area contributed by atoms with E-state index in [0.29, 0.717) is 5.56 Å². The summed E-state index contributed by atoms with van der Waals surface area (Å²) in [6, 6.07) is 3.22. The summed E-state index contributed by atoms with van der Waals surface area (Å²) in [5.74, 6) is -2.20. The minimum absolute atomic E-state index is 0.104. The van der Waals surface area contributed by atoms with Gasteiger partial charge in [0.1, 0.15) is 11.9 Å². The molecule has 1 unspecified atom stereocenters. The van der Waals surface area contributed by atoms with E-state index in [9.17, 15) is 9.60 Å². The molecule has 0 saturated heterocycles. The molecule has 1 aromatic carbocycles. The molecule has 0 spiro atoms. The first-order valence-electron chi connectivity index (χ1n) is 5.85. The van der Waals surface area contributed by atoms with E-state index in [2.05, 4.69) is 21.1 Å². The van der Waals surface area contributed by atoms with Gasteiger partial charge in [0.2, 0.25) is 0 Å². The number of halogens is 2. The number of methoxy groups -OCH3 is 2. The highest BCUT2D eigenvalue weighted by Gasteiger charge is 2.42. The van der Waals surface area contributed by atoms with Gasteiger partial charge in [0.15, 0.2) is 11.6 Å². The molecule has 9 heteroatoms. The van der Waals surface area contributed by atoms with Crippen LogP contribution >= 0.6 is 15.9 Å². The van der Waals surface area contributed by atoms with Crippen LogP contribution in [0.25, 0.3) is 0 Å². The fourth-order valence-corrected chi connectivity index (χ4v) is 2.37. The van der Waals surface area contributed by atoms with Crippen LogP contribution in [0.1, 0.15) is 5.56 Å². The van der Waals surface area contributed by atoms with Crippen molar-refractivity contribution < 1.29 is 24.3 Å². The zero-order chi connectivity index (χ0) is 16.0. The van der Waals surface area contributed by atoms with Crippen LogP contribution in [0.15, 0.2) is 27.8 Å². The topological polar surface area (TPSA) is 109 Å². The third kappa shape index (κ3) is 3.89. The first-order chi connectivity index (χ1) is 9.93. The van der Waals surface area contributed by atoms with E-state index < -0.39 is 17.6 Å². The van der Waals surface area contributed by atoms with Gasteiger partial charge in [0, 0.05) is 20.6 Å². The monoisotopic (exact) mass is 365 g/mol. The maximum absolute atomic E-state index is 13.3. The van der Waals surface area contributed by atoms with Crippen molar-refractivity contribution in [1.82, 2.24) is 5.48 Å². The Morgan fingerprint density at radius 3 is 2.57 bits per heavy atom. The highest BCUT2D eigenvalue weighted by Crippen LogP contribution is 2.25. The van der Waals surface area contributed by atoms with Gasteiger partial charge in [-0.25, -0.2) is 4.39 Å². The van der Waals surface area contributed by atoms with Crippen molar-refractivity contribution in [2.75, 3.05) is 14.2 Å². The van der Waals surface area contributed by atoms with Crippen LogP contribution in [0.5, 0.6) is 0 Å². The summed E-state index contributed by atoms with van der Waals surface area (Å²) < 4.78 is 24.2. The number of amidine groups is 1. The zero-order valence-corrected chi connectivity index (χ0v) is 13.1. The SMILES string of the molecule is COC(Cc1ccc(F)c(Br)c1)(OC)C(NO)/C(N)=N/O. The van der Waals surface area contributed by atoms with E-state index in [1.807, 2.05) is 5.48 Å². The lowest BCUT2D eigenvalue weighted by molar-refractivity contribution is -0.224. The molecule has 0 aliphatic rings. The fraction of sp³-hybridized carbons (Fsp3) is 0.417. The summed E-state index contributed by atoms with van der Waals surface area (Å²) in [6.07, 6.45) is 0.104. The summed E-state index contributed by atoms with van der Waals surface area (Å²) in [5.41, 5.74) is 8.06. The molecule has 1 rings (SSSR count). The second-order valence-electron chi connectivity index (χ2n) is 4.23. The number of nitrogens with one attached hydrogen (secondary N) is 1. The van der Waals surface area contributed by atoms with Gasteiger partial charge < -0.3 is 25.6 Å². The Labute approximate surface area is 129 Å². The van der Waals surface area contributed by atoms with Crippen molar-refractivity contribution in [3.63, 3.8) is 0 Å². The van der Waals surface area contributed by atoms with Crippen LogP contribution in [-0.2, 0) is 15.9 Å². The van der Waals surface area contributed by atoms with Gasteiger partial charge >= 0.3 is 0 Å². The normalized spacial score (nSPS) is 14.2. The average Bonchev–Trinajstić information content (AvgIpc) is 2.50. The third-order valence-electron chi connectivity index (χ3n) is 3.11.